The molecule has 0 saturated carbocycles. The van der Waals surface area contributed by atoms with E-state index in [-0.39, 0.29) is 5.78 Å². The molecule has 0 unspecified atom stereocenters. The highest BCUT2D eigenvalue weighted by Crippen LogP contribution is 2.16. The number of hydrogen-bond donors (Lipinski definition) is 1. The SMILES string of the molecule is Cc1ccc(C(=O)O[C@@H](C)C(=O)c2ccc(NS(C)(=O)=O)cc2)c(C)c1. The average Bonchev–Trinajstić information content (AvgIpc) is 2.53. The number of anilines is 1. The molecular weight excluding hydrogens is 354 g/mol. The van der Waals surface area contributed by atoms with Crippen LogP contribution in [-0.2, 0) is 14.8 Å². The molecule has 138 valence electrons. The lowest BCUT2D eigenvalue weighted by Crippen LogP contribution is -2.24. The van der Waals surface area contributed by atoms with E-state index in [1.807, 2.05) is 26.0 Å². The Balaban J connectivity index is 2.08. The van der Waals surface area contributed by atoms with Crippen molar-refractivity contribution in [2.24, 2.45) is 0 Å². The van der Waals surface area contributed by atoms with E-state index >= 15 is 0 Å². The molecule has 2 aromatic carbocycles. The number of carbonyl (C=O) groups is 2. The molecule has 26 heavy (non-hydrogen) atoms. The number of rotatable bonds is 6. The summed E-state index contributed by atoms with van der Waals surface area (Å²) in [4.78, 5) is 24.7. The molecule has 0 fully saturated rings. The molecule has 0 heterocycles. The van der Waals surface area contributed by atoms with Crippen molar-refractivity contribution in [3.63, 3.8) is 0 Å². The van der Waals surface area contributed by atoms with Crippen molar-refractivity contribution in [3.05, 3.63) is 64.7 Å². The second kappa shape index (κ2) is 7.70. The van der Waals surface area contributed by atoms with Gasteiger partial charge in [0, 0.05) is 11.3 Å². The van der Waals surface area contributed by atoms with Crippen LogP contribution in [0.2, 0.25) is 0 Å². The maximum absolute atomic E-state index is 12.4. The van der Waals surface area contributed by atoms with E-state index in [4.69, 9.17) is 4.74 Å². The van der Waals surface area contributed by atoms with Crippen LogP contribution >= 0.6 is 0 Å². The maximum atomic E-state index is 12.4. The van der Waals surface area contributed by atoms with Gasteiger partial charge in [-0.15, -0.1) is 0 Å². The minimum Gasteiger partial charge on any atom is -0.451 e. The van der Waals surface area contributed by atoms with Gasteiger partial charge in [-0.05, 0) is 56.7 Å². The smallest absolute Gasteiger partial charge is 0.339 e. The summed E-state index contributed by atoms with van der Waals surface area (Å²) >= 11 is 0. The lowest BCUT2D eigenvalue weighted by atomic mass is 10.1. The molecule has 0 bridgehead atoms. The van der Waals surface area contributed by atoms with Gasteiger partial charge in [-0.25, -0.2) is 13.2 Å². The van der Waals surface area contributed by atoms with Gasteiger partial charge in [-0.1, -0.05) is 17.7 Å². The number of Topliss-reactive ketones (excluding diaryl/α,β-unsaturated/α-hetero) is 1. The van der Waals surface area contributed by atoms with Gasteiger partial charge in [0.05, 0.1) is 11.8 Å². The predicted molar refractivity (Wildman–Crippen MR) is 100 cm³/mol. The Bertz CT molecular complexity index is 933. The number of ether oxygens (including phenoxy) is 1. The van der Waals surface area contributed by atoms with Crippen LogP contribution in [0.1, 0.15) is 38.8 Å². The summed E-state index contributed by atoms with van der Waals surface area (Å²) in [5.41, 5.74) is 2.91. The Hall–Kier alpha value is -2.67. The number of carbonyl (C=O) groups excluding carboxylic acids is 2. The van der Waals surface area contributed by atoms with E-state index in [0.29, 0.717) is 16.8 Å². The first kappa shape index (κ1) is 19.7. The zero-order chi connectivity index (χ0) is 19.5. The first-order chi connectivity index (χ1) is 12.1. The summed E-state index contributed by atoms with van der Waals surface area (Å²) in [6.45, 7) is 5.24. The Morgan fingerprint density at radius 1 is 1.04 bits per heavy atom. The third kappa shape index (κ3) is 5.16. The molecule has 0 amide bonds. The number of ketones is 1. The Kier molecular flexibility index (Phi) is 5.82. The number of hydrogen-bond acceptors (Lipinski definition) is 5. The number of nitrogens with one attached hydrogen (secondary N) is 1. The van der Waals surface area contributed by atoms with Crippen LogP contribution in [0.15, 0.2) is 42.5 Å². The number of esters is 1. The van der Waals surface area contributed by atoms with E-state index in [2.05, 4.69) is 4.72 Å². The fourth-order valence-corrected chi connectivity index (χ4v) is 3.04. The predicted octanol–water partition coefficient (Wildman–Crippen LogP) is 3.10. The summed E-state index contributed by atoms with van der Waals surface area (Å²) in [7, 11) is -3.38. The first-order valence-electron chi connectivity index (χ1n) is 7.97. The lowest BCUT2D eigenvalue weighted by molar-refractivity contribution is 0.0318. The quantitative estimate of drug-likeness (QED) is 0.619. The molecule has 1 N–H and O–H groups in total. The molecule has 0 aliphatic rings. The second-order valence-corrected chi connectivity index (χ2v) is 7.93. The fourth-order valence-electron chi connectivity index (χ4n) is 2.47. The Morgan fingerprint density at radius 2 is 1.65 bits per heavy atom. The van der Waals surface area contributed by atoms with Crippen LogP contribution in [0.5, 0.6) is 0 Å². The van der Waals surface area contributed by atoms with Gasteiger partial charge in [-0.3, -0.25) is 9.52 Å². The van der Waals surface area contributed by atoms with Crippen LogP contribution in [0, 0.1) is 13.8 Å². The molecule has 6 nitrogen and oxygen atoms in total. The van der Waals surface area contributed by atoms with E-state index in [9.17, 15) is 18.0 Å². The van der Waals surface area contributed by atoms with Crippen molar-refractivity contribution in [2.75, 3.05) is 11.0 Å². The van der Waals surface area contributed by atoms with Crippen molar-refractivity contribution in [3.8, 4) is 0 Å². The molecule has 7 heteroatoms. The van der Waals surface area contributed by atoms with Crippen LogP contribution in [0.4, 0.5) is 5.69 Å². The minimum atomic E-state index is -3.38. The first-order valence-corrected chi connectivity index (χ1v) is 9.86. The van der Waals surface area contributed by atoms with Gasteiger partial charge in [0.1, 0.15) is 0 Å². The molecular formula is C19H21NO5S. The highest BCUT2D eigenvalue weighted by molar-refractivity contribution is 7.92. The number of benzene rings is 2. The van der Waals surface area contributed by atoms with Gasteiger partial charge < -0.3 is 4.74 Å². The third-order valence-corrected chi connectivity index (χ3v) is 4.33. The zero-order valence-corrected chi connectivity index (χ0v) is 15.9. The van der Waals surface area contributed by atoms with Crippen molar-refractivity contribution >= 4 is 27.5 Å². The molecule has 2 rings (SSSR count). The van der Waals surface area contributed by atoms with Crippen LogP contribution < -0.4 is 4.72 Å². The lowest BCUT2D eigenvalue weighted by Gasteiger charge is -2.14. The largest absolute Gasteiger partial charge is 0.451 e. The van der Waals surface area contributed by atoms with Crippen LogP contribution in [-0.4, -0.2) is 32.5 Å². The van der Waals surface area contributed by atoms with Gasteiger partial charge in [0.25, 0.3) is 0 Å². The minimum absolute atomic E-state index is 0.324. The van der Waals surface area contributed by atoms with Crippen LogP contribution in [0.3, 0.4) is 0 Å². The van der Waals surface area contributed by atoms with Gasteiger partial charge in [-0.2, -0.15) is 0 Å². The summed E-state index contributed by atoms with van der Waals surface area (Å²) in [5.74, 6) is -0.923. The van der Waals surface area contributed by atoms with Crippen molar-refractivity contribution < 1.29 is 22.7 Å². The van der Waals surface area contributed by atoms with Gasteiger partial charge >= 0.3 is 5.97 Å². The topological polar surface area (TPSA) is 89.5 Å². The second-order valence-electron chi connectivity index (χ2n) is 6.18. The molecule has 1 atom stereocenters. The third-order valence-electron chi connectivity index (χ3n) is 3.73. The molecule has 0 radical (unpaired) electrons. The molecule has 0 aliphatic heterocycles. The Labute approximate surface area is 153 Å². The summed E-state index contributed by atoms with van der Waals surface area (Å²) in [6.07, 6.45) is 0.0811. The molecule has 0 aliphatic carbocycles. The highest BCUT2D eigenvalue weighted by atomic mass is 32.2. The van der Waals surface area contributed by atoms with Crippen molar-refractivity contribution in [1.29, 1.82) is 0 Å². The zero-order valence-electron chi connectivity index (χ0n) is 15.1. The van der Waals surface area contributed by atoms with Crippen molar-refractivity contribution in [2.45, 2.75) is 26.9 Å². The van der Waals surface area contributed by atoms with Crippen LogP contribution in [0.25, 0.3) is 0 Å². The highest BCUT2D eigenvalue weighted by Gasteiger charge is 2.21. The van der Waals surface area contributed by atoms with E-state index in [1.54, 1.807) is 6.07 Å². The van der Waals surface area contributed by atoms with E-state index in [1.165, 1.54) is 31.2 Å². The summed E-state index contributed by atoms with van der Waals surface area (Å²) < 4.78 is 30.0. The maximum Gasteiger partial charge on any atom is 0.339 e. The molecule has 0 saturated heterocycles. The summed E-state index contributed by atoms with van der Waals surface area (Å²) in [6, 6.07) is 11.3. The van der Waals surface area contributed by atoms with Crippen molar-refractivity contribution in [1.82, 2.24) is 0 Å². The van der Waals surface area contributed by atoms with E-state index in [0.717, 1.165) is 17.4 Å². The average molecular weight is 375 g/mol. The summed E-state index contributed by atoms with van der Waals surface area (Å²) in [5, 5.41) is 0. The van der Waals surface area contributed by atoms with E-state index < -0.39 is 22.1 Å². The number of aryl methyl sites for hydroxylation is 2. The van der Waals surface area contributed by atoms with Gasteiger partial charge in [0.15, 0.2) is 6.10 Å². The number of sulfonamides is 1. The molecule has 2 aromatic rings. The monoisotopic (exact) mass is 375 g/mol. The molecule has 0 aromatic heterocycles. The fraction of sp³-hybridized carbons (Fsp3) is 0.263. The standard InChI is InChI=1S/C19H21NO5S/c1-12-5-10-17(13(2)11-12)19(22)25-14(3)18(21)15-6-8-16(9-7-15)20-26(4,23)24/h5-11,14,20H,1-4H3/t14-/m0/s1. The normalized spacial score (nSPS) is 12.3. The molecule has 0 spiro atoms. The van der Waals surface area contributed by atoms with Gasteiger partial charge in [0.2, 0.25) is 15.8 Å². The Morgan fingerprint density at radius 3 is 2.19 bits per heavy atom.